The summed E-state index contributed by atoms with van der Waals surface area (Å²) in [6, 6.07) is 14.9. The Kier molecular flexibility index (Phi) is 5.94. The Labute approximate surface area is 202 Å². The minimum atomic E-state index is -0.137. The topological polar surface area (TPSA) is 86.2 Å². The van der Waals surface area contributed by atoms with E-state index in [9.17, 15) is 9.59 Å². The first-order chi connectivity index (χ1) is 17.0. The molecule has 8 heteroatoms. The Morgan fingerprint density at radius 1 is 1.06 bits per heavy atom. The highest BCUT2D eigenvalue weighted by atomic mass is 16.1. The fraction of sp³-hybridized carbons (Fsp3) is 0.259. The van der Waals surface area contributed by atoms with Crippen LogP contribution in [-0.2, 0) is 19.5 Å². The van der Waals surface area contributed by atoms with Gasteiger partial charge in [-0.15, -0.1) is 0 Å². The molecule has 1 amide bonds. The minimum Gasteiger partial charge on any atom is -0.352 e. The van der Waals surface area contributed by atoms with Crippen molar-refractivity contribution in [1.82, 2.24) is 29.0 Å². The van der Waals surface area contributed by atoms with Crippen LogP contribution in [0.15, 0.2) is 65.7 Å². The molecular formula is C27H28N6O2. The molecular weight excluding hydrogens is 440 g/mol. The summed E-state index contributed by atoms with van der Waals surface area (Å²) in [5.74, 6) is -0.137. The van der Waals surface area contributed by atoms with Crippen LogP contribution in [0.2, 0.25) is 0 Å². The van der Waals surface area contributed by atoms with Gasteiger partial charge in [-0.05, 0) is 74.7 Å². The van der Waals surface area contributed by atoms with Gasteiger partial charge in [-0.2, -0.15) is 5.10 Å². The first-order valence-corrected chi connectivity index (χ1v) is 11.8. The molecule has 0 saturated carbocycles. The number of nitrogens with zero attached hydrogens (tertiary/aromatic N) is 5. The zero-order chi connectivity index (χ0) is 24.5. The van der Waals surface area contributed by atoms with Gasteiger partial charge in [0.2, 0.25) is 0 Å². The summed E-state index contributed by atoms with van der Waals surface area (Å²) >= 11 is 0. The normalized spacial score (nSPS) is 11.4. The second kappa shape index (κ2) is 9.21. The number of nitrogens with one attached hydrogen (secondary N) is 1. The molecule has 0 aliphatic rings. The van der Waals surface area contributed by atoms with Crippen LogP contribution in [0.1, 0.15) is 39.8 Å². The van der Waals surface area contributed by atoms with Crippen LogP contribution >= 0.6 is 0 Å². The van der Waals surface area contributed by atoms with Gasteiger partial charge in [0.1, 0.15) is 5.52 Å². The zero-order valence-corrected chi connectivity index (χ0v) is 20.2. The van der Waals surface area contributed by atoms with Crippen molar-refractivity contribution in [3.8, 4) is 0 Å². The summed E-state index contributed by atoms with van der Waals surface area (Å²) in [7, 11) is 0. The van der Waals surface area contributed by atoms with Crippen molar-refractivity contribution in [2.75, 3.05) is 6.54 Å². The lowest BCUT2D eigenvalue weighted by Gasteiger charge is -2.12. The number of amides is 1. The summed E-state index contributed by atoms with van der Waals surface area (Å²) in [4.78, 5) is 30.5. The number of pyridine rings is 1. The summed E-state index contributed by atoms with van der Waals surface area (Å²) in [5.41, 5.74) is 6.70. The smallest absolute Gasteiger partial charge is 0.276 e. The molecule has 0 unspecified atom stereocenters. The third-order valence-electron chi connectivity index (χ3n) is 6.52. The predicted octanol–water partition coefficient (Wildman–Crippen LogP) is 3.50. The number of aryl methyl sites for hydroxylation is 2. The summed E-state index contributed by atoms with van der Waals surface area (Å²) in [6.07, 6.45) is 4.28. The Hall–Kier alpha value is -4.20. The molecule has 5 rings (SSSR count). The number of benzene rings is 1. The first-order valence-electron chi connectivity index (χ1n) is 11.8. The molecule has 0 aliphatic carbocycles. The fourth-order valence-electron chi connectivity index (χ4n) is 4.73. The van der Waals surface area contributed by atoms with Crippen molar-refractivity contribution in [2.45, 2.75) is 40.3 Å². The van der Waals surface area contributed by atoms with Crippen LogP contribution in [-0.4, -0.2) is 36.2 Å². The number of aromatic nitrogens is 5. The molecule has 0 atom stereocenters. The molecule has 0 aliphatic heterocycles. The van der Waals surface area contributed by atoms with Crippen LogP contribution in [0.5, 0.6) is 0 Å². The average Bonchev–Trinajstić information content (AvgIpc) is 3.47. The Morgan fingerprint density at radius 3 is 2.69 bits per heavy atom. The van der Waals surface area contributed by atoms with Crippen LogP contribution in [0.25, 0.3) is 16.7 Å². The molecule has 1 N–H and O–H groups in total. The number of rotatable bonds is 7. The highest BCUT2D eigenvalue weighted by molar-refractivity contribution is 5.94. The van der Waals surface area contributed by atoms with Gasteiger partial charge in [0.25, 0.3) is 11.5 Å². The largest absolute Gasteiger partial charge is 0.352 e. The first kappa shape index (κ1) is 22.6. The molecule has 35 heavy (non-hydrogen) atoms. The SMILES string of the molecule is CCn1nc(C)c(CCNC(=O)c2cccc(Cn3c(=O)c4cccn4c4cccnc43)c2)c1C. The number of fused-ring (bicyclic) bond motifs is 3. The Morgan fingerprint density at radius 2 is 1.89 bits per heavy atom. The van der Waals surface area contributed by atoms with Crippen LogP contribution < -0.4 is 10.9 Å². The quantitative estimate of drug-likeness (QED) is 0.396. The monoisotopic (exact) mass is 468 g/mol. The van der Waals surface area contributed by atoms with Crippen LogP contribution in [0.3, 0.4) is 0 Å². The average molecular weight is 469 g/mol. The summed E-state index contributed by atoms with van der Waals surface area (Å²) < 4.78 is 5.51. The van der Waals surface area contributed by atoms with E-state index in [0.717, 1.165) is 35.4 Å². The molecule has 0 radical (unpaired) electrons. The lowest BCUT2D eigenvalue weighted by molar-refractivity contribution is 0.0954. The van der Waals surface area contributed by atoms with Gasteiger partial charge in [-0.3, -0.25) is 18.8 Å². The molecule has 4 aromatic heterocycles. The van der Waals surface area contributed by atoms with Gasteiger partial charge < -0.3 is 9.72 Å². The van der Waals surface area contributed by atoms with E-state index in [1.807, 2.05) is 64.7 Å². The van der Waals surface area contributed by atoms with E-state index >= 15 is 0 Å². The van der Waals surface area contributed by atoms with Crippen molar-refractivity contribution >= 4 is 22.6 Å². The van der Waals surface area contributed by atoms with Crippen molar-refractivity contribution in [1.29, 1.82) is 0 Å². The van der Waals surface area contributed by atoms with Crippen LogP contribution in [0.4, 0.5) is 0 Å². The van der Waals surface area contributed by atoms with Gasteiger partial charge in [0, 0.05) is 36.7 Å². The summed E-state index contributed by atoms with van der Waals surface area (Å²) in [5, 5.41) is 7.57. The molecule has 178 valence electrons. The second-order valence-corrected chi connectivity index (χ2v) is 8.67. The maximum atomic E-state index is 13.2. The Bertz CT molecular complexity index is 1610. The maximum Gasteiger partial charge on any atom is 0.276 e. The standard InChI is InChI=1S/C27H28N6O2/c1-4-33-19(3)22(18(2)30-33)12-14-29-26(34)21-9-5-8-20(16-21)17-32-25-23(10-6-13-28-25)31-15-7-11-24(31)27(32)35/h5-11,13,15-16H,4,12,14,17H2,1-3H3,(H,29,34). The van der Waals surface area contributed by atoms with Crippen molar-refractivity contribution in [3.63, 3.8) is 0 Å². The second-order valence-electron chi connectivity index (χ2n) is 8.67. The fourth-order valence-corrected chi connectivity index (χ4v) is 4.73. The predicted molar refractivity (Wildman–Crippen MR) is 136 cm³/mol. The molecule has 4 heterocycles. The van der Waals surface area contributed by atoms with E-state index in [-0.39, 0.29) is 11.5 Å². The molecule has 8 nitrogen and oxygen atoms in total. The lowest BCUT2D eigenvalue weighted by atomic mass is 10.1. The van der Waals surface area contributed by atoms with Crippen molar-refractivity contribution in [3.05, 3.63) is 99.4 Å². The molecule has 0 fully saturated rings. The van der Waals surface area contributed by atoms with Gasteiger partial charge in [0.05, 0.1) is 17.8 Å². The van der Waals surface area contributed by atoms with E-state index in [1.165, 1.54) is 5.56 Å². The third kappa shape index (κ3) is 4.12. The number of carbonyl (C=O) groups excluding carboxylic acids is 1. The number of hydrogen-bond acceptors (Lipinski definition) is 4. The van der Waals surface area contributed by atoms with E-state index in [2.05, 4.69) is 29.2 Å². The van der Waals surface area contributed by atoms with Crippen LogP contribution in [0, 0.1) is 13.8 Å². The highest BCUT2D eigenvalue weighted by Gasteiger charge is 2.14. The van der Waals surface area contributed by atoms with Gasteiger partial charge in [-0.25, -0.2) is 4.98 Å². The molecule has 0 saturated heterocycles. The highest BCUT2D eigenvalue weighted by Crippen LogP contribution is 2.16. The minimum absolute atomic E-state index is 0.116. The maximum absolute atomic E-state index is 13.2. The van der Waals surface area contributed by atoms with Crippen molar-refractivity contribution < 1.29 is 4.79 Å². The summed E-state index contributed by atoms with van der Waals surface area (Å²) in [6.45, 7) is 7.82. The van der Waals surface area contributed by atoms with Crippen molar-refractivity contribution in [2.24, 2.45) is 0 Å². The number of carbonyl (C=O) groups is 1. The lowest BCUT2D eigenvalue weighted by Crippen LogP contribution is -2.26. The van der Waals surface area contributed by atoms with Gasteiger partial charge in [0.15, 0.2) is 5.65 Å². The van der Waals surface area contributed by atoms with E-state index in [0.29, 0.717) is 29.8 Å². The molecule has 0 spiro atoms. The molecule has 5 aromatic rings. The van der Waals surface area contributed by atoms with Gasteiger partial charge >= 0.3 is 0 Å². The zero-order valence-electron chi connectivity index (χ0n) is 20.2. The molecule has 1 aromatic carbocycles. The van der Waals surface area contributed by atoms with E-state index in [4.69, 9.17) is 0 Å². The van der Waals surface area contributed by atoms with E-state index < -0.39 is 0 Å². The van der Waals surface area contributed by atoms with E-state index in [1.54, 1.807) is 16.8 Å². The third-order valence-corrected chi connectivity index (χ3v) is 6.52. The van der Waals surface area contributed by atoms with Gasteiger partial charge in [-0.1, -0.05) is 12.1 Å². The Balaban J connectivity index is 1.36. The number of hydrogen-bond donors (Lipinski definition) is 1. The molecule has 0 bridgehead atoms.